The molecule has 0 unspecified atom stereocenters. The van der Waals surface area contributed by atoms with Gasteiger partial charge in [-0.1, -0.05) is 11.6 Å². The van der Waals surface area contributed by atoms with Crippen LogP contribution in [-0.4, -0.2) is 52.7 Å². The van der Waals surface area contributed by atoms with Crippen LogP contribution in [0.15, 0.2) is 41.8 Å². The number of nitro groups is 1. The summed E-state index contributed by atoms with van der Waals surface area (Å²) in [6.07, 6.45) is 6.78. The third-order valence-electron chi connectivity index (χ3n) is 5.02. The number of carbonyl (C=O) groups is 1. The number of hydrogen-bond donors (Lipinski definition) is 1. The molecule has 1 aliphatic heterocycles. The molecule has 0 aliphatic carbocycles. The van der Waals surface area contributed by atoms with E-state index in [9.17, 15) is 23.3 Å². The van der Waals surface area contributed by atoms with Crippen LogP contribution in [0.1, 0.15) is 19.3 Å². The number of nitrogens with zero attached hydrogens (tertiary/aromatic N) is 4. The van der Waals surface area contributed by atoms with E-state index < -0.39 is 14.9 Å². The van der Waals surface area contributed by atoms with Crippen LogP contribution in [0, 0.1) is 16.0 Å². The molecule has 2 aromatic rings. The molecular weight excluding hydrogens is 434 g/mol. The third-order valence-corrected chi connectivity index (χ3v) is 7.40. The molecule has 3 rings (SSSR count). The van der Waals surface area contributed by atoms with Gasteiger partial charge in [-0.05, 0) is 25.3 Å². The minimum atomic E-state index is -3.99. The van der Waals surface area contributed by atoms with Crippen molar-refractivity contribution in [1.82, 2.24) is 19.2 Å². The molecule has 1 N–H and O–H groups in total. The normalized spacial score (nSPS) is 15.8. The summed E-state index contributed by atoms with van der Waals surface area (Å²) in [7, 11) is -3.99. The summed E-state index contributed by atoms with van der Waals surface area (Å²) in [6.45, 7) is 1.57. The zero-order valence-electron chi connectivity index (χ0n) is 16.1. The van der Waals surface area contributed by atoms with E-state index in [1.807, 2.05) is 10.8 Å². The van der Waals surface area contributed by atoms with Crippen LogP contribution in [0.5, 0.6) is 0 Å². The first-order chi connectivity index (χ1) is 14.3. The van der Waals surface area contributed by atoms with Gasteiger partial charge in [0.1, 0.15) is 4.90 Å². The number of amides is 1. The van der Waals surface area contributed by atoms with Gasteiger partial charge in [0, 0.05) is 56.6 Å². The van der Waals surface area contributed by atoms with E-state index >= 15 is 0 Å². The van der Waals surface area contributed by atoms with Crippen molar-refractivity contribution >= 4 is 33.2 Å². The standard InChI is InChI=1S/C18H22ClN5O5S/c19-16-3-2-15(24(26)27)12-17(16)30(28,29)23-9-4-14(5-10-23)18(25)21-6-1-8-22-11-7-20-13-22/h2-3,7,11-14H,1,4-6,8-10H2,(H,21,25). The molecule has 0 spiro atoms. The third kappa shape index (κ3) is 5.15. The Kier molecular flexibility index (Phi) is 7.06. The number of halogens is 1. The lowest BCUT2D eigenvalue weighted by Gasteiger charge is -2.30. The van der Waals surface area contributed by atoms with Gasteiger partial charge in [-0.15, -0.1) is 0 Å². The minimum Gasteiger partial charge on any atom is -0.356 e. The van der Waals surface area contributed by atoms with Gasteiger partial charge in [-0.3, -0.25) is 14.9 Å². The second kappa shape index (κ2) is 9.54. The predicted octanol–water partition coefficient (Wildman–Crippen LogP) is 2.05. The quantitative estimate of drug-likeness (QED) is 0.368. The number of nitro benzene ring substituents is 1. The molecule has 0 saturated carbocycles. The van der Waals surface area contributed by atoms with Crippen LogP contribution in [0.3, 0.4) is 0 Å². The van der Waals surface area contributed by atoms with Gasteiger partial charge in [-0.25, -0.2) is 13.4 Å². The van der Waals surface area contributed by atoms with Crippen molar-refractivity contribution < 1.29 is 18.1 Å². The van der Waals surface area contributed by atoms with Crippen LogP contribution in [0.2, 0.25) is 5.02 Å². The van der Waals surface area contributed by atoms with Gasteiger partial charge >= 0.3 is 0 Å². The molecule has 1 fully saturated rings. The van der Waals surface area contributed by atoms with Crippen LogP contribution in [0.25, 0.3) is 0 Å². The molecule has 1 saturated heterocycles. The molecule has 0 bridgehead atoms. The molecular formula is C18H22ClN5O5S. The van der Waals surface area contributed by atoms with Crippen LogP contribution < -0.4 is 5.32 Å². The lowest BCUT2D eigenvalue weighted by atomic mass is 9.97. The van der Waals surface area contributed by atoms with Gasteiger partial charge in [-0.2, -0.15) is 4.31 Å². The number of carbonyl (C=O) groups excluding carboxylic acids is 1. The summed E-state index contributed by atoms with van der Waals surface area (Å²) in [5.41, 5.74) is -0.345. The van der Waals surface area contributed by atoms with Crippen molar-refractivity contribution in [1.29, 1.82) is 0 Å². The molecule has 162 valence electrons. The minimum absolute atomic E-state index is 0.0710. The zero-order valence-corrected chi connectivity index (χ0v) is 17.7. The first-order valence-electron chi connectivity index (χ1n) is 9.46. The second-order valence-electron chi connectivity index (χ2n) is 7.00. The van der Waals surface area contributed by atoms with Crippen molar-refractivity contribution in [2.75, 3.05) is 19.6 Å². The summed E-state index contributed by atoms with van der Waals surface area (Å²) in [5.74, 6) is -0.365. The molecule has 0 radical (unpaired) electrons. The Hall–Kier alpha value is -2.50. The Morgan fingerprint density at radius 2 is 2.07 bits per heavy atom. The van der Waals surface area contributed by atoms with Gasteiger partial charge in [0.2, 0.25) is 15.9 Å². The number of aryl methyl sites for hydroxylation is 1. The number of non-ortho nitro benzene ring substituents is 1. The molecule has 0 atom stereocenters. The Morgan fingerprint density at radius 1 is 1.33 bits per heavy atom. The van der Waals surface area contributed by atoms with Gasteiger partial charge in [0.15, 0.2) is 0 Å². The van der Waals surface area contributed by atoms with Crippen LogP contribution >= 0.6 is 11.6 Å². The number of aromatic nitrogens is 2. The maximum Gasteiger partial charge on any atom is 0.270 e. The van der Waals surface area contributed by atoms with E-state index in [1.54, 1.807) is 12.5 Å². The molecule has 30 heavy (non-hydrogen) atoms. The molecule has 1 amide bonds. The number of benzene rings is 1. The molecule has 10 nitrogen and oxygen atoms in total. The number of sulfonamides is 1. The smallest absolute Gasteiger partial charge is 0.270 e. The fourth-order valence-electron chi connectivity index (χ4n) is 3.34. The highest BCUT2D eigenvalue weighted by atomic mass is 35.5. The Labute approximate surface area is 179 Å². The highest BCUT2D eigenvalue weighted by molar-refractivity contribution is 7.89. The molecule has 1 aromatic heterocycles. The van der Waals surface area contributed by atoms with E-state index in [2.05, 4.69) is 10.3 Å². The molecule has 1 aromatic carbocycles. The van der Waals surface area contributed by atoms with Crippen molar-refractivity contribution in [3.8, 4) is 0 Å². The van der Waals surface area contributed by atoms with Gasteiger partial charge < -0.3 is 9.88 Å². The topological polar surface area (TPSA) is 127 Å². The summed E-state index contributed by atoms with van der Waals surface area (Å²) >= 11 is 5.99. The van der Waals surface area contributed by atoms with E-state index in [-0.39, 0.29) is 40.5 Å². The number of imidazole rings is 1. The van der Waals surface area contributed by atoms with E-state index in [4.69, 9.17) is 11.6 Å². The number of rotatable bonds is 8. The predicted molar refractivity (Wildman–Crippen MR) is 109 cm³/mol. The lowest BCUT2D eigenvalue weighted by molar-refractivity contribution is -0.385. The average molecular weight is 456 g/mol. The fraction of sp³-hybridized carbons (Fsp3) is 0.444. The number of hydrogen-bond acceptors (Lipinski definition) is 6. The van der Waals surface area contributed by atoms with E-state index in [0.29, 0.717) is 19.4 Å². The zero-order chi connectivity index (χ0) is 21.7. The van der Waals surface area contributed by atoms with Gasteiger partial charge in [0.25, 0.3) is 5.69 Å². The Bertz CT molecular complexity index is 1000. The fourth-order valence-corrected chi connectivity index (χ4v) is 5.30. The monoisotopic (exact) mass is 455 g/mol. The van der Waals surface area contributed by atoms with Crippen molar-refractivity contribution in [2.24, 2.45) is 5.92 Å². The lowest BCUT2D eigenvalue weighted by Crippen LogP contribution is -2.43. The Balaban J connectivity index is 1.53. The maximum atomic E-state index is 12.9. The summed E-state index contributed by atoms with van der Waals surface area (Å²) in [4.78, 5) is 26.3. The highest BCUT2D eigenvalue weighted by Crippen LogP contribution is 2.31. The first kappa shape index (κ1) is 22.2. The van der Waals surface area contributed by atoms with Crippen LogP contribution in [0.4, 0.5) is 5.69 Å². The van der Waals surface area contributed by atoms with E-state index in [1.165, 1.54) is 10.4 Å². The van der Waals surface area contributed by atoms with E-state index in [0.717, 1.165) is 25.1 Å². The maximum absolute atomic E-state index is 12.9. The summed E-state index contributed by atoms with van der Waals surface area (Å²) in [6, 6.07) is 3.33. The number of piperidine rings is 1. The molecule has 2 heterocycles. The number of nitrogens with one attached hydrogen (secondary N) is 1. The Morgan fingerprint density at radius 3 is 2.70 bits per heavy atom. The van der Waals surface area contributed by atoms with Crippen molar-refractivity contribution in [3.63, 3.8) is 0 Å². The second-order valence-corrected chi connectivity index (χ2v) is 9.31. The van der Waals surface area contributed by atoms with Crippen LogP contribution in [-0.2, 0) is 21.4 Å². The summed E-state index contributed by atoms with van der Waals surface area (Å²) in [5, 5.41) is 13.8. The highest BCUT2D eigenvalue weighted by Gasteiger charge is 2.34. The molecule has 12 heteroatoms. The van der Waals surface area contributed by atoms with Crippen molar-refractivity contribution in [3.05, 3.63) is 52.1 Å². The average Bonchev–Trinajstić information content (AvgIpc) is 3.24. The largest absolute Gasteiger partial charge is 0.356 e. The van der Waals surface area contributed by atoms with Gasteiger partial charge in [0.05, 0.1) is 16.3 Å². The van der Waals surface area contributed by atoms with Crippen molar-refractivity contribution in [2.45, 2.75) is 30.7 Å². The molecule has 1 aliphatic rings. The first-order valence-corrected chi connectivity index (χ1v) is 11.3. The summed E-state index contributed by atoms with van der Waals surface area (Å²) < 4.78 is 28.9. The SMILES string of the molecule is O=C(NCCCn1ccnc1)C1CCN(S(=O)(=O)c2cc([N+](=O)[O-])ccc2Cl)CC1.